The molecule has 0 aliphatic carbocycles. The fraction of sp³-hybridized carbons (Fsp3) is 0.200. The van der Waals surface area contributed by atoms with Crippen molar-refractivity contribution in [3.63, 3.8) is 0 Å². The average molecular weight is 262 g/mol. The first-order valence-corrected chi connectivity index (χ1v) is 5.11. The summed E-state index contributed by atoms with van der Waals surface area (Å²) in [5.41, 5.74) is 0.334. The van der Waals surface area contributed by atoms with Gasteiger partial charge in [-0.15, -0.1) is 0 Å². The van der Waals surface area contributed by atoms with Crippen LogP contribution in [0, 0.1) is 0 Å². The summed E-state index contributed by atoms with van der Waals surface area (Å²) < 4.78 is 0. The Balaban J connectivity index is 3.10. The van der Waals surface area contributed by atoms with E-state index in [2.05, 4.69) is 5.32 Å². The second-order valence-corrected chi connectivity index (χ2v) is 4.05. The van der Waals surface area contributed by atoms with E-state index in [9.17, 15) is 9.59 Å². The largest absolute Gasteiger partial charge is 0.479 e. The normalized spacial score (nSPS) is 11.9. The lowest BCUT2D eigenvalue weighted by molar-refractivity contribution is -0.141. The number of halogens is 2. The van der Waals surface area contributed by atoms with Crippen LogP contribution in [0.15, 0.2) is 18.2 Å². The van der Waals surface area contributed by atoms with Gasteiger partial charge in [0.15, 0.2) is 6.04 Å². The van der Waals surface area contributed by atoms with Crippen LogP contribution in [-0.2, 0) is 9.59 Å². The standard InChI is InChI=1S/C10H9Cl2NO3/c1-5(14)13-9(10(15)16)6-2-7(11)4-8(12)3-6/h2-4,9H,1H3,(H,13,14)(H,15,16). The third-order valence-electron chi connectivity index (χ3n) is 1.81. The third-order valence-corrected chi connectivity index (χ3v) is 2.25. The zero-order valence-electron chi connectivity index (χ0n) is 8.33. The quantitative estimate of drug-likeness (QED) is 0.877. The summed E-state index contributed by atoms with van der Waals surface area (Å²) in [5.74, 6) is -1.61. The van der Waals surface area contributed by atoms with Crippen LogP contribution >= 0.6 is 23.2 Å². The SMILES string of the molecule is CC(=O)NC(C(=O)O)c1cc(Cl)cc(Cl)c1. The number of carbonyl (C=O) groups is 2. The Hall–Kier alpha value is -1.26. The Labute approximate surface area is 102 Å². The lowest BCUT2D eigenvalue weighted by Gasteiger charge is -2.14. The highest BCUT2D eigenvalue weighted by molar-refractivity contribution is 6.34. The number of carbonyl (C=O) groups excluding carboxylic acids is 1. The van der Waals surface area contributed by atoms with Crippen molar-refractivity contribution in [2.24, 2.45) is 0 Å². The molecule has 0 radical (unpaired) electrons. The van der Waals surface area contributed by atoms with E-state index in [0.29, 0.717) is 15.6 Å². The van der Waals surface area contributed by atoms with E-state index >= 15 is 0 Å². The summed E-state index contributed by atoms with van der Waals surface area (Å²) in [7, 11) is 0. The van der Waals surface area contributed by atoms with E-state index in [4.69, 9.17) is 28.3 Å². The fourth-order valence-corrected chi connectivity index (χ4v) is 1.78. The molecule has 0 aliphatic rings. The van der Waals surface area contributed by atoms with Crippen molar-refractivity contribution >= 4 is 35.1 Å². The van der Waals surface area contributed by atoms with Crippen LogP contribution < -0.4 is 5.32 Å². The summed E-state index contributed by atoms with van der Waals surface area (Å²) >= 11 is 11.5. The number of carboxylic acids is 1. The van der Waals surface area contributed by atoms with Gasteiger partial charge in [0.2, 0.25) is 5.91 Å². The number of aliphatic carboxylic acids is 1. The fourth-order valence-electron chi connectivity index (χ4n) is 1.23. The first kappa shape index (κ1) is 12.8. The van der Waals surface area contributed by atoms with Crippen LogP contribution in [0.5, 0.6) is 0 Å². The molecule has 0 heterocycles. The van der Waals surface area contributed by atoms with Crippen LogP contribution in [0.1, 0.15) is 18.5 Å². The monoisotopic (exact) mass is 261 g/mol. The lowest BCUT2D eigenvalue weighted by Crippen LogP contribution is -2.31. The highest BCUT2D eigenvalue weighted by Gasteiger charge is 2.21. The van der Waals surface area contributed by atoms with Crippen molar-refractivity contribution in [2.75, 3.05) is 0 Å². The van der Waals surface area contributed by atoms with Gasteiger partial charge in [-0.05, 0) is 23.8 Å². The molecule has 0 saturated heterocycles. The zero-order chi connectivity index (χ0) is 12.3. The minimum absolute atomic E-state index is 0.319. The highest BCUT2D eigenvalue weighted by atomic mass is 35.5. The van der Waals surface area contributed by atoms with E-state index in [1.807, 2.05) is 0 Å². The zero-order valence-corrected chi connectivity index (χ0v) is 9.84. The van der Waals surface area contributed by atoms with Crippen molar-refractivity contribution in [1.82, 2.24) is 5.32 Å². The summed E-state index contributed by atoms with van der Waals surface area (Å²) in [6, 6.07) is 3.23. The predicted octanol–water partition coefficient (Wildman–Crippen LogP) is 2.26. The minimum atomic E-state index is -1.17. The summed E-state index contributed by atoms with van der Waals surface area (Å²) in [4.78, 5) is 21.8. The predicted molar refractivity (Wildman–Crippen MR) is 60.7 cm³/mol. The molecule has 16 heavy (non-hydrogen) atoms. The van der Waals surface area contributed by atoms with Crippen molar-refractivity contribution in [3.8, 4) is 0 Å². The maximum atomic E-state index is 11.0. The Morgan fingerprint density at radius 1 is 1.25 bits per heavy atom. The van der Waals surface area contributed by atoms with Gasteiger partial charge in [0.05, 0.1) is 0 Å². The molecule has 6 heteroatoms. The molecule has 0 fully saturated rings. The Morgan fingerprint density at radius 3 is 2.12 bits per heavy atom. The molecule has 1 amide bonds. The van der Waals surface area contributed by atoms with Crippen LogP contribution in [-0.4, -0.2) is 17.0 Å². The minimum Gasteiger partial charge on any atom is -0.479 e. The summed E-state index contributed by atoms with van der Waals surface area (Å²) in [6.45, 7) is 1.24. The molecule has 0 bridgehead atoms. The van der Waals surface area contributed by atoms with Gasteiger partial charge < -0.3 is 10.4 Å². The Morgan fingerprint density at radius 2 is 1.75 bits per heavy atom. The van der Waals surface area contributed by atoms with E-state index in [-0.39, 0.29) is 0 Å². The van der Waals surface area contributed by atoms with Gasteiger partial charge in [-0.1, -0.05) is 23.2 Å². The number of amides is 1. The maximum Gasteiger partial charge on any atom is 0.330 e. The molecule has 86 valence electrons. The van der Waals surface area contributed by atoms with Crippen molar-refractivity contribution < 1.29 is 14.7 Å². The molecule has 0 spiro atoms. The first-order chi connectivity index (χ1) is 7.40. The van der Waals surface area contributed by atoms with E-state index in [1.54, 1.807) is 0 Å². The number of nitrogens with one attached hydrogen (secondary N) is 1. The van der Waals surface area contributed by atoms with Crippen LogP contribution in [0.3, 0.4) is 0 Å². The third kappa shape index (κ3) is 3.40. The number of hydrogen-bond donors (Lipinski definition) is 2. The molecule has 1 aromatic carbocycles. The van der Waals surface area contributed by atoms with Gasteiger partial charge in [0, 0.05) is 17.0 Å². The van der Waals surface area contributed by atoms with Gasteiger partial charge in [-0.2, -0.15) is 0 Å². The topological polar surface area (TPSA) is 66.4 Å². The van der Waals surface area contributed by atoms with Gasteiger partial charge in [0.1, 0.15) is 0 Å². The average Bonchev–Trinajstić information content (AvgIpc) is 2.11. The molecule has 1 aromatic rings. The maximum absolute atomic E-state index is 11.0. The molecule has 0 aromatic heterocycles. The van der Waals surface area contributed by atoms with Gasteiger partial charge >= 0.3 is 5.97 Å². The number of rotatable bonds is 3. The highest BCUT2D eigenvalue weighted by Crippen LogP contribution is 2.23. The second-order valence-electron chi connectivity index (χ2n) is 3.17. The van der Waals surface area contributed by atoms with Crippen LogP contribution in [0.4, 0.5) is 0 Å². The Bertz CT molecular complexity index is 414. The van der Waals surface area contributed by atoms with Crippen molar-refractivity contribution in [1.29, 1.82) is 0 Å². The van der Waals surface area contributed by atoms with E-state index < -0.39 is 17.9 Å². The number of benzene rings is 1. The second kappa shape index (κ2) is 5.18. The molecule has 1 unspecified atom stereocenters. The Kier molecular flexibility index (Phi) is 4.15. The van der Waals surface area contributed by atoms with Crippen LogP contribution in [0.25, 0.3) is 0 Å². The molecular formula is C10H9Cl2NO3. The van der Waals surface area contributed by atoms with Gasteiger partial charge in [-0.25, -0.2) is 4.79 Å². The van der Waals surface area contributed by atoms with Crippen LogP contribution in [0.2, 0.25) is 10.0 Å². The molecule has 0 saturated carbocycles. The molecule has 1 rings (SSSR count). The van der Waals surface area contributed by atoms with Crippen molar-refractivity contribution in [2.45, 2.75) is 13.0 Å². The molecule has 0 aliphatic heterocycles. The molecule has 4 nitrogen and oxygen atoms in total. The summed E-state index contributed by atoms with van der Waals surface area (Å²) in [6.07, 6.45) is 0. The smallest absolute Gasteiger partial charge is 0.330 e. The van der Waals surface area contributed by atoms with E-state index in [0.717, 1.165) is 0 Å². The molecule has 1 atom stereocenters. The first-order valence-electron chi connectivity index (χ1n) is 4.36. The number of hydrogen-bond acceptors (Lipinski definition) is 2. The number of carboxylic acid groups (broad SMARTS) is 1. The van der Waals surface area contributed by atoms with Gasteiger partial charge in [-0.3, -0.25) is 4.79 Å². The molecular weight excluding hydrogens is 253 g/mol. The van der Waals surface area contributed by atoms with Crippen molar-refractivity contribution in [3.05, 3.63) is 33.8 Å². The van der Waals surface area contributed by atoms with E-state index in [1.165, 1.54) is 25.1 Å². The van der Waals surface area contributed by atoms with Gasteiger partial charge in [0.25, 0.3) is 0 Å². The molecule has 2 N–H and O–H groups in total. The summed E-state index contributed by atoms with van der Waals surface area (Å²) in [5, 5.41) is 11.9. The lowest BCUT2D eigenvalue weighted by atomic mass is 10.1.